The van der Waals surface area contributed by atoms with E-state index in [4.69, 9.17) is 9.16 Å². The number of fused-ring (bicyclic) bond motifs is 1. The molecule has 5 nitrogen and oxygen atoms in total. The lowest BCUT2D eigenvalue weighted by Crippen LogP contribution is -2.28. The van der Waals surface area contributed by atoms with E-state index in [0.717, 1.165) is 6.07 Å². The Morgan fingerprint density at radius 1 is 1.14 bits per heavy atom. The first kappa shape index (κ1) is 16.4. The summed E-state index contributed by atoms with van der Waals surface area (Å²) in [5.41, 5.74) is -5.54. The van der Waals surface area contributed by atoms with Gasteiger partial charge in [0.05, 0.1) is 7.11 Å². The number of halogens is 3. The second kappa shape index (κ2) is 5.69. The Morgan fingerprint density at radius 3 is 2.32 bits per heavy atom. The van der Waals surface area contributed by atoms with Crippen LogP contribution in [-0.4, -0.2) is 31.5 Å². The van der Waals surface area contributed by atoms with E-state index in [1.807, 2.05) is 0 Å². The quantitative estimate of drug-likeness (QED) is 0.482. The van der Waals surface area contributed by atoms with Crippen molar-refractivity contribution >= 4 is 31.4 Å². The summed E-state index contributed by atoms with van der Waals surface area (Å²) in [6.45, 7) is 0. The van der Waals surface area contributed by atoms with Gasteiger partial charge in [0, 0.05) is 5.39 Å². The van der Waals surface area contributed by atoms with E-state index in [9.17, 15) is 21.6 Å². The van der Waals surface area contributed by atoms with Crippen LogP contribution in [-0.2, 0) is 10.1 Å². The smallest absolute Gasteiger partial charge is 0.534 e. The molecule has 0 aliphatic carbocycles. The predicted octanol–water partition coefficient (Wildman–Crippen LogP) is 2.54. The normalized spacial score (nSPS) is 12.2. The number of alkyl halides is 3. The van der Waals surface area contributed by atoms with Gasteiger partial charge in [0.1, 0.15) is 5.75 Å². The van der Waals surface area contributed by atoms with Gasteiger partial charge in [-0.2, -0.15) is 21.6 Å². The van der Waals surface area contributed by atoms with Gasteiger partial charge in [-0.05, 0) is 23.6 Å². The molecule has 0 saturated carbocycles. The minimum Gasteiger partial charge on any atom is -0.538 e. The molecule has 0 aliphatic rings. The summed E-state index contributed by atoms with van der Waals surface area (Å²) < 4.78 is 73.4. The second-order valence-electron chi connectivity index (χ2n) is 4.07. The molecule has 2 aromatic rings. The van der Waals surface area contributed by atoms with Gasteiger partial charge in [-0.25, -0.2) is 0 Å². The van der Waals surface area contributed by atoms with E-state index in [2.05, 4.69) is 14.7 Å². The van der Waals surface area contributed by atoms with E-state index in [1.165, 1.54) is 19.2 Å². The molecule has 0 aromatic heterocycles. The highest BCUT2D eigenvalue weighted by Crippen LogP contribution is 2.39. The minimum atomic E-state index is -5.80. The van der Waals surface area contributed by atoms with Crippen LogP contribution in [0.4, 0.5) is 13.2 Å². The monoisotopic (exact) mass is 349 g/mol. The predicted molar refractivity (Wildman–Crippen MR) is 72.5 cm³/mol. The minimum absolute atomic E-state index is 0.221. The summed E-state index contributed by atoms with van der Waals surface area (Å²) in [7, 11) is -1.70. The van der Waals surface area contributed by atoms with Gasteiger partial charge in [-0.1, -0.05) is 12.1 Å². The van der Waals surface area contributed by atoms with E-state index in [-0.39, 0.29) is 5.75 Å². The summed E-state index contributed by atoms with van der Waals surface area (Å²) >= 11 is 0. The maximum absolute atomic E-state index is 12.4. The Kier molecular flexibility index (Phi) is 4.25. The molecule has 0 fully saturated rings. The fraction of sp³-hybridized carbons (Fsp3) is 0.167. The summed E-state index contributed by atoms with van der Waals surface area (Å²) in [6.07, 6.45) is 0. The van der Waals surface area contributed by atoms with Gasteiger partial charge < -0.3 is 13.3 Å². The van der Waals surface area contributed by atoms with Gasteiger partial charge in [-0.3, -0.25) is 0 Å². The Morgan fingerprint density at radius 2 is 1.77 bits per heavy atom. The average Bonchev–Trinajstić information content (AvgIpc) is 2.44. The Labute approximate surface area is 127 Å². The van der Waals surface area contributed by atoms with Crippen molar-refractivity contribution in [1.82, 2.24) is 0 Å². The molecule has 10 heteroatoms. The van der Waals surface area contributed by atoms with Crippen molar-refractivity contribution in [2.75, 3.05) is 7.11 Å². The molecule has 117 valence electrons. The number of methoxy groups -OCH3 is 1. The Bertz CT molecular complexity index is 804. The fourth-order valence-corrected chi connectivity index (χ4v) is 2.39. The van der Waals surface area contributed by atoms with Gasteiger partial charge in [0.15, 0.2) is 11.5 Å². The van der Waals surface area contributed by atoms with Crippen LogP contribution in [0.15, 0.2) is 30.3 Å². The lowest BCUT2D eigenvalue weighted by molar-refractivity contribution is -0.0500. The SMILES string of the molecule is COc1ccc2ccc(OS(=O)(=O)C(F)(F)F)c(O[Si])c2c1. The molecule has 0 spiro atoms. The Balaban J connectivity index is 2.60. The Hall–Kier alpha value is -1.94. The maximum atomic E-state index is 12.4. The molecular weight excluding hydrogens is 341 g/mol. The lowest BCUT2D eigenvalue weighted by atomic mass is 10.1. The van der Waals surface area contributed by atoms with E-state index >= 15 is 0 Å². The van der Waals surface area contributed by atoms with Crippen molar-refractivity contribution in [3.8, 4) is 17.2 Å². The molecule has 0 aliphatic heterocycles. The highest BCUT2D eigenvalue weighted by atomic mass is 32.2. The zero-order valence-corrected chi connectivity index (χ0v) is 12.8. The van der Waals surface area contributed by atoms with Crippen molar-refractivity contribution in [3.05, 3.63) is 30.3 Å². The van der Waals surface area contributed by atoms with Gasteiger partial charge in [0.2, 0.25) is 0 Å². The van der Waals surface area contributed by atoms with Gasteiger partial charge in [0.25, 0.3) is 0 Å². The summed E-state index contributed by atoms with van der Waals surface area (Å²) in [5.74, 6) is -0.415. The third-order valence-corrected chi connectivity index (χ3v) is 3.90. The number of hydrogen-bond acceptors (Lipinski definition) is 5. The molecule has 0 heterocycles. The molecule has 0 N–H and O–H groups in total. The van der Waals surface area contributed by atoms with Crippen LogP contribution in [0.2, 0.25) is 0 Å². The average molecular weight is 349 g/mol. The maximum Gasteiger partial charge on any atom is 0.534 e. The summed E-state index contributed by atoms with van der Waals surface area (Å²) in [5, 5.41) is 0.898. The lowest BCUT2D eigenvalue weighted by Gasteiger charge is -2.14. The molecule has 0 atom stereocenters. The van der Waals surface area contributed by atoms with Crippen LogP contribution in [0, 0.1) is 0 Å². The first-order chi connectivity index (χ1) is 10.2. The largest absolute Gasteiger partial charge is 0.538 e. The molecule has 0 bridgehead atoms. The van der Waals surface area contributed by atoms with Crippen LogP contribution in [0.1, 0.15) is 0 Å². The second-order valence-corrected chi connectivity index (χ2v) is 5.81. The topological polar surface area (TPSA) is 61.8 Å². The summed E-state index contributed by atoms with van der Waals surface area (Å²) in [4.78, 5) is 0. The standard InChI is InChI=1S/C12H8F3O5SSi/c1-18-8-4-2-7-3-5-10(11(20-22)9(7)6-8)19-21(16,17)12(13,14)15/h2-6H,1H3. The zero-order valence-electron chi connectivity index (χ0n) is 11.0. The van der Waals surface area contributed by atoms with Gasteiger partial charge >= 0.3 is 26.1 Å². The van der Waals surface area contributed by atoms with Crippen LogP contribution < -0.4 is 13.3 Å². The number of ether oxygens (including phenoxy) is 1. The third kappa shape index (κ3) is 2.97. The van der Waals surface area contributed by atoms with E-state index < -0.39 is 21.4 Å². The first-order valence-electron chi connectivity index (χ1n) is 5.64. The van der Waals surface area contributed by atoms with Crippen molar-refractivity contribution in [2.45, 2.75) is 5.51 Å². The number of rotatable bonds is 4. The third-order valence-electron chi connectivity index (χ3n) is 2.73. The van der Waals surface area contributed by atoms with Crippen LogP contribution in [0.3, 0.4) is 0 Å². The van der Waals surface area contributed by atoms with Crippen molar-refractivity contribution < 1.29 is 34.9 Å². The molecular formula is C12H8F3O5SSi. The molecule has 0 saturated heterocycles. The molecule has 3 radical (unpaired) electrons. The van der Waals surface area contributed by atoms with Crippen LogP contribution >= 0.6 is 0 Å². The van der Waals surface area contributed by atoms with E-state index in [1.54, 1.807) is 12.1 Å². The van der Waals surface area contributed by atoms with Crippen molar-refractivity contribution in [3.63, 3.8) is 0 Å². The fourth-order valence-electron chi connectivity index (χ4n) is 1.71. The highest BCUT2D eigenvalue weighted by molar-refractivity contribution is 7.88. The number of hydrogen-bond donors (Lipinski definition) is 0. The van der Waals surface area contributed by atoms with E-state index in [0.29, 0.717) is 16.5 Å². The van der Waals surface area contributed by atoms with Crippen molar-refractivity contribution in [1.29, 1.82) is 0 Å². The van der Waals surface area contributed by atoms with Crippen LogP contribution in [0.25, 0.3) is 10.8 Å². The van der Waals surface area contributed by atoms with Crippen molar-refractivity contribution in [2.24, 2.45) is 0 Å². The zero-order chi connectivity index (χ0) is 16.5. The molecule has 0 amide bonds. The summed E-state index contributed by atoms with van der Waals surface area (Å²) in [6, 6.07) is 7.19. The molecule has 0 unspecified atom stereocenters. The molecule has 2 rings (SSSR count). The van der Waals surface area contributed by atoms with Crippen LogP contribution in [0.5, 0.6) is 17.2 Å². The first-order valence-corrected chi connectivity index (χ1v) is 7.46. The molecule has 22 heavy (non-hydrogen) atoms. The molecule has 2 aromatic carbocycles. The highest BCUT2D eigenvalue weighted by Gasteiger charge is 2.49. The number of benzene rings is 2. The van der Waals surface area contributed by atoms with Gasteiger partial charge in [-0.15, -0.1) is 0 Å².